The third-order valence-electron chi connectivity index (χ3n) is 3.08. The molecule has 1 nitrogen and oxygen atoms in total. The number of H-pyrrole nitrogens is 1. The normalized spacial score (nSPS) is 17.4. The smallest absolute Gasteiger partial charge is 0.0464 e. The highest BCUT2D eigenvalue weighted by molar-refractivity contribution is 5.82. The van der Waals surface area contributed by atoms with Gasteiger partial charge in [-0.2, -0.15) is 0 Å². The van der Waals surface area contributed by atoms with Gasteiger partial charge in [-0.25, -0.2) is 0 Å². The van der Waals surface area contributed by atoms with Gasteiger partial charge >= 0.3 is 0 Å². The van der Waals surface area contributed by atoms with Crippen LogP contribution in [0.1, 0.15) is 13.8 Å². The summed E-state index contributed by atoms with van der Waals surface area (Å²) in [6.45, 7) is 4.46. The average Bonchev–Trinajstić information content (AvgIpc) is 2.48. The van der Waals surface area contributed by atoms with E-state index in [1.165, 1.54) is 21.5 Å². The molecule has 2 aromatic rings. The van der Waals surface area contributed by atoms with Gasteiger partial charge in [0.25, 0.3) is 0 Å². The zero-order chi connectivity index (χ0) is 11.2. The maximum Gasteiger partial charge on any atom is 0.0464 e. The van der Waals surface area contributed by atoms with E-state index in [0.29, 0.717) is 0 Å². The zero-order valence-corrected chi connectivity index (χ0v) is 9.62. The first-order valence-corrected chi connectivity index (χ1v) is 5.65. The summed E-state index contributed by atoms with van der Waals surface area (Å²) in [6, 6.07) is 8.47. The van der Waals surface area contributed by atoms with Crippen LogP contribution < -0.4 is 10.6 Å². The van der Waals surface area contributed by atoms with Crippen molar-refractivity contribution in [3.8, 4) is 0 Å². The molecular formula is C15H15N. The molecule has 0 aliphatic heterocycles. The average molecular weight is 209 g/mol. The Morgan fingerprint density at radius 2 is 1.94 bits per heavy atom. The quantitative estimate of drug-likeness (QED) is 0.685. The summed E-state index contributed by atoms with van der Waals surface area (Å²) in [5, 5.41) is 3.85. The molecule has 80 valence electrons. The van der Waals surface area contributed by atoms with Crippen LogP contribution in [0.3, 0.4) is 0 Å². The second-order valence-electron chi connectivity index (χ2n) is 4.99. The highest BCUT2D eigenvalue weighted by Crippen LogP contribution is 2.20. The summed E-state index contributed by atoms with van der Waals surface area (Å²) in [7, 11) is 0. The molecule has 1 aromatic heterocycles. The van der Waals surface area contributed by atoms with Gasteiger partial charge in [-0.3, -0.25) is 0 Å². The summed E-state index contributed by atoms with van der Waals surface area (Å²) < 4.78 is 0. The number of fused-ring (bicyclic) bond motifs is 3. The monoisotopic (exact) mass is 209 g/mol. The summed E-state index contributed by atoms with van der Waals surface area (Å²) in [5.74, 6) is 0. The number of benzene rings is 1. The molecule has 0 atom stereocenters. The largest absolute Gasteiger partial charge is 0.355 e. The third kappa shape index (κ3) is 1.40. The molecular weight excluding hydrogens is 194 g/mol. The first-order valence-electron chi connectivity index (χ1n) is 5.65. The predicted octanol–water partition coefficient (Wildman–Crippen LogP) is 2.32. The van der Waals surface area contributed by atoms with Crippen LogP contribution >= 0.6 is 0 Å². The Morgan fingerprint density at radius 1 is 1.12 bits per heavy atom. The maximum absolute atomic E-state index is 3.46. The number of hydrogen-bond acceptors (Lipinski definition) is 0. The Balaban J connectivity index is 2.52. The van der Waals surface area contributed by atoms with Crippen molar-refractivity contribution < 1.29 is 0 Å². The molecule has 1 heteroatoms. The van der Waals surface area contributed by atoms with E-state index in [0.717, 1.165) is 0 Å². The van der Waals surface area contributed by atoms with Crippen molar-refractivity contribution in [1.82, 2.24) is 4.98 Å². The number of aromatic nitrogens is 1. The fourth-order valence-electron chi connectivity index (χ4n) is 2.28. The Morgan fingerprint density at radius 3 is 2.81 bits per heavy atom. The van der Waals surface area contributed by atoms with Gasteiger partial charge in [0.1, 0.15) is 0 Å². The van der Waals surface area contributed by atoms with E-state index in [9.17, 15) is 0 Å². The SMILES string of the molecule is CC1(C)C=CC=c2[nH]c3ccccc3c2=C1. The molecule has 0 radical (unpaired) electrons. The van der Waals surface area contributed by atoms with E-state index in [1.54, 1.807) is 0 Å². The van der Waals surface area contributed by atoms with Crippen LogP contribution in [0.5, 0.6) is 0 Å². The molecule has 3 rings (SSSR count). The van der Waals surface area contributed by atoms with Gasteiger partial charge in [0.05, 0.1) is 0 Å². The number of allylic oxidation sites excluding steroid dienone is 2. The molecule has 1 N–H and O–H groups in total. The van der Waals surface area contributed by atoms with E-state index in [4.69, 9.17) is 0 Å². The second-order valence-corrected chi connectivity index (χ2v) is 4.99. The lowest BCUT2D eigenvalue weighted by atomic mass is 9.92. The van der Waals surface area contributed by atoms with Crippen molar-refractivity contribution in [2.24, 2.45) is 5.41 Å². The molecule has 0 amide bonds. The van der Waals surface area contributed by atoms with Crippen molar-refractivity contribution in [2.75, 3.05) is 0 Å². The molecule has 1 aliphatic carbocycles. The molecule has 16 heavy (non-hydrogen) atoms. The van der Waals surface area contributed by atoms with Crippen LogP contribution in [0.25, 0.3) is 23.1 Å². The van der Waals surface area contributed by atoms with Crippen molar-refractivity contribution in [2.45, 2.75) is 13.8 Å². The van der Waals surface area contributed by atoms with Gasteiger partial charge < -0.3 is 4.98 Å². The van der Waals surface area contributed by atoms with E-state index < -0.39 is 0 Å². The number of para-hydroxylation sites is 1. The number of hydrogen-bond donors (Lipinski definition) is 1. The van der Waals surface area contributed by atoms with E-state index in [-0.39, 0.29) is 5.41 Å². The van der Waals surface area contributed by atoms with Crippen LogP contribution in [-0.2, 0) is 0 Å². The molecule has 1 heterocycles. The van der Waals surface area contributed by atoms with E-state index >= 15 is 0 Å². The van der Waals surface area contributed by atoms with Gasteiger partial charge in [0.2, 0.25) is 0 Å². The highest BCUT2D eigenvalue weighted by Gasteiger charge is 2.12. The Labute approximate surface area is 94.8 Å². The number of rotatable bonds is 0. The fourth-order valence-corrected chi connectivity index (χ4v) is 2.28. The van der Waals surface area contributed by atoms with Gasteiger partial charge in [-0.15, -0.1) is 0 Å². The molecule has 0 saturated heterocycles. The summed E-state index contributed by atoms with van der Waals surface area (Å²) in [5.41, 5.74) is 1.33. The standard InChI is InChI=1S/C15H15N/c1-15(2)9-5-8-14-12(10-15)11-6-3-4-7-13(11)16-14/h3-10,16H,1-2H3. The third-order valence-corrected chi connectivity index (χ3v) is 3.08. The van der Waals surface area contributed by atoms with Gasteiger partial charge in [-0.1, -0.05) is 50.3 Å². The lowest BCUT2D eigenvalue weighted by molar-refractivity contribution is 0.671. The van der Waals surface area contributed by atoms with Crippen LogP contribution in [0.4, 0.5) is 0 Å². The summed E-state index contributed by atoms with van der Waals surface area (Å²) >= 11 is 0. The van der Waals surface area contributed by atoms with Crippen LogP contribution in [-0.4, -0.2) is 4.98 Å². The second kappa shape index (κ2) is 3.11. The highest BCUT2D eigenvalue weighted by atomic mass is 14.7. The van der Waals surface area contributed by atoms with Crippen molar-refractivity contribution >= 4 is 23.1 Å². The molecule has 1 aliphatic rings. The van der Waals surface area contributed by atoms with Crippen LogP contribution in [0.2, 0.25) is 0 Å². The topological polar surface area (TPSA) is 15.8 Å². The predicted molar refractivity (Wildman–Crippen MR) is 69.4 cm³/mol. The van der Waals surface area contributed by atoms with Crippen LogP contribution in [0, 0.1) is 5.41 Å². The molecule has 0 saturated carbocycles. The fraction of sp³-hybridized carbons (Fsp3) is 0.200. The minimum absolute atomic E-state index is 0.118. The lowest BCUT2D eigenvalue weighted by Gasteiger charge is -2.12. The maximum atomic E-state index is 3.46. The molecule has 0 fully saturated rings. The first-order chi connectivity index (χ1) is 7.66. The Hall–Kier alpha value is -1.76. The Bertz CT molecular complexity index is 684. The van der Waals surface area contributed by atoms with Gasteiger partial charge in [0, 0.05) is 26.9 Å². The summed E-state index contributed by atoms with van der Waals surface area (Å²) in [4.78, 5) is 3.46. The molecule has 1 aromatic carbocycles. The number of nitrogens with one attached hydrogen (secondary N) is 1. The zero-order valence-electron chi connectivity index (χ0n) is 9.62. The lowest BCUT2D eigenvalue weighted by Crippen LogP contribution is -2.24. The molecule has 0 bridgehead atoms. The van der Waals surface area contributed by atoms with Gasteiger partial charge in [-0.05, 0) is 12.1 Å². The first kappa shape index (κ1) is 9.46. The van der Waals surface area contributed by atoms with Gasteiger partial charge in [0.15, 0.2) is 0 Å². The Kier molecular flexibility index (Phi) is 1.84. The van der Waals surface area contributed by atoms with E-state index in [1.807, 2.05) is 0 Å². The van der Waals surface area contributed by atoms with E-state index in [2.05, 4.69) is 67.4 Å². The number of aromatic amines is 1. The van der Waals surface area contributed by atoms with Crippen molar-refractivity contribution in [3.63, 3.8) is 0 Å². The minimum Gasteiger partial charge on any atom is -0.355 e. The summed E-state index contributed by atoms with van der Waals surface area (Å²) in [6.07, 6.45) is 8.86. The minimum atomic E-state index is 0.118. The van der Waals surface area contributed by atoms with Crippen molar-refractivity contribution in [3.05, 3.63) is 47.0 Å². The molecule has 0 unspecified atom stereocenters. The van der Waals surface area contributed by atoms with Crippen molar-refractivity contribution in [1.29, 1.82) is 0 Å². The molecule has 0 spiro atoms. The van der Waals surface area contributed by atoms with Crippen LogP contribution in [0.15, 0.2) is 36.4 Å².